The topological polar surface area (TPSA) is 27.3 Å². The molecule has 1 saturated heterocycles. The van der Waals surface area contributed by atoms with Crippen LogP contribution in [0.5, 0.6) is 0 Å². The summed E-state index contributed by atoms with van der Waals surface area (Å²) in [4.78, 5) is 2.40. The van der Waals surface area contributed by atoms with Gasteiger partial charge < -0.3 is 15.5 Å². The maximum atomic E-state index is 12.7. The van der Waals surface area contributed by atoms with Crippen LogP contribution >= 0.6 is 12.2 Å². The van der Waals surface area contributed by atoms with Gasteiger partial charge in [-0.05, 0) is 57.1 Å². The molecule has 1 aromatic rings. The summed E-state index contributed by atoms with van der Waals surface area (Å²) >= 11 is 5.22. The van der Waals surface area contributed by atoms with Crippen molar-refractivity contribution in [3.63, 3.8) is 0 Å². The monoisotopic (exact) mass is 345 g/mol. The van der Waals surface area contributed by atoms with Crippen LogP contribution < -0.4 is 10.6 Å². The average molecular weight is 345 g/mol. The Morgan fingerprint density at radius 3 is 2.48 bits per heavy atom. The van der Waals surface area contributed by atoms with Crippen LogP contribution in [0.4, 0.5) is 18.9 Å². The molecule has 0 saturated carbocycles. The molecule has 1 aliphatic rings. The van der Waals surface area contributed by atoms with Gasteiger partial charge in [-0.3, -0.25) is 0 Å². The number of piperidine rings is 1. The Kier molecular flexibility index (Phi) is 5.86. The third-order valence-electron chi connectivity index (χ3n) is 4.04. The minimum absolute atomic E-state index is 0.260. The van der Waals surface area contributed by atoms with Crippen molar-refractivity contribution >= 4 is 23.0 Å². The van der Waals surface area contributed by atoms with Crippen molar-refractivity contribution in [2.45, 2.75) is 44.9 Å². The molecule has 3 nitrogen and oxygen atoms in total. The number of anilines is 1. The van der Waals surface area contributed by atoms with Crippen molar-refractivity contribution in [1.29, 1.82) is 0 Å². The summed E-state index contributed by atoms with van der Waals surface area (Å²) in [6.07, 6.45) is -2.40. The van der Waals surface area contributed by atoms with Gasteiger partial charge in [-0.25, -0.2) is 0 Å². The molecule has 2 N–H and O–H groups in total. The van der Waals surface area contributed by atoms with Gasteiger partial charge in [0.2, 0.25) is 0 Å². The van der Waals surface area contributed by atoms with E-state index in [9.17, 15) is 13.2 Å². The summed E-state index contributed by atoms with van der Waals surface area (Å²) < 4.78 is 38.1. The minimum Gasteiger partial charge on any atom is -0.360 e. The molecular weight excluding hydrogens is 323 g/mol. The smallest absolute Gasteiger partial charge is 0.360 e. The largest absolute Gasteiger partial charge is 0.416 e. The van der Waals surface area contributed by atoms with E-state index in [-0.39, 0.29) is 6.04 Å². The lowest BCUT2D eigenvalue weighted by Gasteiger charge is -2.35. The number of thiocarbonyl (C=S) groups is 1. The summed E-state index contributed by atoms with van der Waals surface area (Å²) in [5.74, 6) is 0. The van der Waals surface area contributed by atoms with E-state index in [1.165, 1.54) is 6.07 Å². The van der Waals surface area contributed by atoms with E-state index in [0.717, 1.165) is 38.1 Å². The number of likely N-dealkylation sites (tertiary alicyclic amines) is 1. The quantitative estimate of drug-likeness (QED) is 0.814. The summed E-state index contributed by atoms with van der Waals surface area (Å²) in [7, 11) is 0. The van der Waals surface area contributed by atoms with Crippen LogP contribution in [-0.2, 0) is 6.18 Å². The molecule has 0 bridgehead atoms. The lowest BCUT2D eigenvalue weighted by Crippen LogP contribution is -2.47. The highest BCUT2D eigenvalue weighted by molar-refractivity contribution is 7.80. The highest BCUT2D eigenvalue weighted by Crippen LogP contribution is 2.30. The third kappa shape index (κ3) is 5.35. The zero-order chi connectivity index (χ0) is 17.0. The lowest BCUT2D eigenvalue weighted by atomic mass is 10.0. The van der Waals surface area contributed by atoms with E-state index in [2.05, 4.69) is 29.4 Å². The number of alkyl halides is 3. The second-order valence-corrected chi connectivity index (χ2v) is 6.49. The van der Waals surface area contributed by atoms with Crippen molar-refractivity contribution < 1.29 is 13.2 Å². The first kappa shape index (κ1) is 18.0. The van der Waals surface area contributed by atoms with E-state index in [4.69, 9.17) is 12.2 Å². The van der Waals surface area contributed by atoms with Crippen molar-refractivity contribution in [3.8, 4) is 0 Å². The van der Waals surface area contributed by atoms with Gasteiger partial charge in [0.15, 0.2) is 5.11 Å². The van der Waals surface area contributed by atoms with Gasteiger partial charge in [-0.15, -0.1) is 0 Å². The summed E-state index contributed by atoms with van der Waals surface area (Å²) in [5.41, 5.74) is -0.340. The highest BCUT2D eigenvalue weighted by Gasteiger charge is 2.30. The molecule has 1 fully saturated rings. The minimum atomic E-state index is -4.35. The Morgan fingerprint density at radius 1 is 1.26 bits per heavy atom. The number of hydrogen-bond donors (Lipinski definition) is 2. The zero-order valence-corrected chi connectivity index (χ0v) is 14.1. The Morgan fingerprint density at radius 2 is 1.91 bits per heavy atom. The molecule has 1 aromatic carbocycles. The zero-order valence-electron chi connectivity index (χ0n) is 13.3. The van der Waals surface area contributed by atoms with Crippen LogP contribution in [0.3, 0.4) is 0 Å². The second-order valence-electron chi connectivity index (χ2n) is 6.08. The van der Waals surface area contributed by atoms with Crippen molar-refractivity contribution in [2.75, 3.05) is 18.4 Å². The maximum Gasteiger partial charge on any atom is 0.416 e. The van der Waals surface area contributed by atoms with E-state index >= 15 is 0 Å². The van der Waals surface area contributed by atoms with Gasteiger partial charge in [0.05, 0.1) is 5.56 Å². The SMILES string of the molecule is CC(C)N1CCC(NC(=S)Nc2cccc(C(F)(F)F)c2)CC1. The van der Waals surface area contributed by atoms with E-state index in [1.807, 2.05) is 0 Å². The number of halogens is 3. The number of hydrogen-bond acceptors (Lipinski definition) is 2. The highest BCUT2D eigenvalue weighted by atomic mass is 32.1. The van der Waals surface area contributed by atoms with Crippen molar-refractivity contribution in [2.24, 2.45) is 0 Å². The predicted octanol–water partition coefficient (Wildman–Crippen LogP) is 3.86. The Labute approximate surface area is 140 Å². The van der Waals surface area contributed by atoms with Crippen molar-refractivity contribution in [1.82, 2.24) is 10.2 Å². The van der Waals surface area contributed by atoms with Gasteiger partial charge in [0.1, 0.15) is 0 Å². The van der Waals surface area contributed by atoms with Crippen LogP contribution in [0, 0.1) is 0 Å². The van der Waals surface area contributed by atoms with Crippen LogP contribution in [0.25, 0.3) is 0 Å². The van der Waals surface area contributed by atoms with Gasteiger partial charge in [-0.1, -0.05) is 6.07 Å². The molecule has 1 heterocycles. The van der Waals surface area contributed by atoms with Gasteiger partial charge in [0, 0.05) is 30.9 Å². The fourth-order valence-electron chi connectivity index (χ4n) is 2.69. The fraction of sp³-hybridized carbons (Fsp3) is 0.562. The maximum absolute atomic E-state index is 12.7. The first-order chi connectivity index (χ1) is 10.8. The van der Waals surface area contributed by atoms with E-state index in [1.54, 1.807) is 6.07 Å². The van der Waals surface area contributed by atoms with Crippen LogP contribution in [0.15, 0.2) is 24.3 Å². The number of nitrogens with zero attached hydrogens (tertiary/aromatic N) is 1. The Balaban J connectivity index is 1.86. The Hall–Kier alpha value is -1.34. The van der Waals surface area contributed by atoms with E-state index < -0.39 is 11.7 Å². The summed E-state index contributed by atoms with van der Waals surface area (Å²) in [5, 5.41) is 6.41. The molecule has 23 heavy (non-hydrogen) atoms. The molecule has 0 radical (unpaired) electrons. The number of nitrogens with one attached hydrogen (secondary N) is 2. The molecule has 0 aromatic heterocycles. The molecule has 0 aliphatic carbocycles. The van der Waals surface area contributed by atoms with Crippen molar-refractivity contribution in [3.05, 3.63) is 29.8 Å². The first-order valence-corrected chi connectivity index (χ1v) is 8.15. The molecule has 0 atom stereocenters. The van der Waals surface area contributed by atoms with Gasteiger partial charge in [0.25, 0.3) is 0 Å². The lowest BCUT2D eigenvalue weighted by molar-refractivity contribution is -0.137. The van der Waals surface area contributed by atoms with Gasteiger partial charge in [-0.2, -0.15) is 13.2 Å². The first-order valence-electron chi connectivity index (χ1n) is 7.74. The molecule has 1 aliphatic heterocycles. The summed E-state index contributed by atoms with van der Waals surface area (Å²) in [6.45, 7) is 6.35. The molecule has 0 spiro atoms. The third-order valence-corrected chi connectivity index (χ3v) is 4.26. The van der Waals surface area contributed by atoms with Crippen LogP contribution in [-0.4, -0.2) is 35.2 Å². The fourth-order valence-corrected chi connectivity index (χ4v) is 2.97. The van der Waals surface area contributed by atoms with Crippen LogP contribution in [0.1, 0.15) is 32.3 Å². The molecule has 0 amide bonds. The molecule has 7 heteroatoms. The van der Waals surface area contributed by atoms with Crippen LogP contribution in [0.2, 0.25) is 0 Å². The summed E-state index contributed by atoms with van der Waals surface area (Å²) in [6, 6.07) is 5.85. The average Bonchev–Trinajstić information content (AvgIpc) is 2.47. The second kappa shape index (κ2) is 7.49. The molecule has 128 valence electrons. The molecular formula is C16H22F3N3S. The predicted molar refractivity (Wildman–Crippen MR) is 90.5 cm³/mol. The normalized spacial score (nSPS) is 17.3. The Bertz CT molecular complexity index is 538. The number of rotatable bonds is 3. The number of benzene rings is 1. The standard InChI is InChI=1S/C16H22F3N3S/c1-11(2)22-8-6-13(7-9-22)20-15(23)21-14-5-3-4-12(10-14)16(17,18)19/h3-5,10-11,13H,6-9H2,1-2H3,(H2,20,21,23). The van der Waals surface area contributed by atoms with E-state index in [0.29, 0.717) is 16.8 Å². The van der Waals surface area contributed by atoms with Gasteiger partial charge >= 0.3 is 6.18 Å². The molecule has 2 rings (SSSR count). The molecule has 0 unspecified atom stereocenters.